The zero-order valence-electron chi connectivity index (χ0n) is 8.28. The number of halogens is 2. The molecule has 0 atom stereocenters. The molecule has 0 fully saturated rings. The predicted octanol–water partition coefficient (Wildman–Crippen LogP) is 1.52. The van der Waals surface area contributed by atoms with Gasteiger partial charge in [0.1, 0.15) is 0 Å². The van der Waals surface area contributed by atoms with Crippen LogP contribution in [0.2, 0.25) is 0 Å². The number of esters is 1. The number of hydrogen-bond acceptors (Lipinski definition) is 4. The summed E-state index contributed by atoms with van der Waals surface area (Å²) in [4.78, 5) is 17.7. The maximum atomic E-state index is 13.3. The minimum Gasteiger partial charge on any atom is -0.458 e. The standard InChI is InChI=1S/C9H10F2N2O2/c1-6(2)15-8(14)9(10,11)7-12-4-3-5-13-7/h3-6H,1-2H3. The van der Waals surface area contributed by atoms with Crippen molar-refractivity contribution in [1.29, 1.82) is 0 Å². The topological polar surface area (TPSA) is 52.1 Å². The van der Waals surface area contributed by atoms with E-state index in [4.69, 9.17) is 0 Å². The molecule has 0 aromatic carbocycles. The summed E-state index contributed by atoms with van der Waals surface area (Å²) >= 11 is 0. The molecule has 0 amide bonds. The fourth-order valence-electron chi connectivity index (χ4n) is 0.841. The molecule has 0 aliphatic carbocycles. The largest absolute Gasteiger partial charge is 0.458 e. The van der Waals surface area contributed by atoms with Crippen LogP contribution in [0.3, 0.4) is 0 Å². The summed E-state index contributed by atoms with van der Waals surface area (Å²) < 4.78 is 31.0. The molecule has 0 radical (unpaired) electrons. The van der Waals surface area contributed by atoms with Crippen molar-refractivity contribution in [3.63, 3.8) is 0 Å². The van der Waals surface area contributed by atoms with E-state index in [0.29, 0.717) is 0 Å². The molecule has 4 nitrogen and oxygen atoms in total. The van der Waals surface area contributed by atoms with E-state index in [2.05, 4.69) is 14.7 Å². The van der Waals surface area contributed by atoms with Crippen molar-refractivity contribution in [2.45, 2.75) is 25.9 Å². The van der Waals surface area contributed by atoms with Crippen molar-refractivity contribution in [1.82, 2.24) is 9.97 Å². The fraction of sp³-hybridized carbons (Fsp3) is 0.444. The molecule has 1 heterocycles. The lowest BCUT2D eigenvalue weighted by atomic mass is 10.3. The highest BCUT2D eigenvalue weighted by atomic mass is 19.3. The number of aromatic nitrogens is 2. The van der Waals surface area contributed by atoms with Crippen LogP contribution < -0.4 is 0 Å². The van der Waals surface area contributed by atoms with Crippen LogP contribution in [0.15, 0.2) is 18.5 Å². The minimum atomic E-state index is -3.80. The Morgan fingerprint density at radius 3 is 2.40 bits per heavy atom. The number of carbonyl (C=O) groups is 1. The molecule has 1 aromatic rings. The van der Waals surface area contributed by atoms with Gasteiger partial charge in [0.15, 0.2) is 0 Å². The van der Waals surface area contributed by atoms with Gasteiger partial charge in [-0.05, 0) is 19.9 Å². The van der Waals surface area contributed by atoms with Crippen LogP contribution in [-0.4, -0.2) is 22.0 Å². The van der Waals surface area contributed by atoms with Crippen LogP contribution in [0.1, 0.15) is 19.7 Å². The van der Waals surface area contributed by atoms with Gasteiger partial charge in [0.25, 0.3) is 0 Å². The van der Waals surface area contributed by atoms with Gasteiger partial charge in [0.05, 0.1) is 6.10 Å². The third-order valence-corrected chi connectivity index (χ3v) is 1.45. The van der Waals surface area contributed by atoms with Gasteiger partial charge < -0.3 is 4.74 Å². The molecular formula is C9H10F2N2O2. The highest BCUT2D eigenvalue weighted by Crippen LogP contribution is 2.26. The molecule has 15 heavy (non-hydrogen) atoms. The Kier molecular flexibility index (Phi) is 3.28. The molecule has 1 aromatic heterocycles. The zero-order chi connectivity index (χ0) is 11.5. The van der Waals surface area contributed by atoms with E-state index in [1.54, 1.807) is 0 Å². The Bertz CT molecular complexity index is 341. The molecule has 0 saturated heterocycles. The number of carbonyl (C=O) groups excluding carboxylic acids is 1. The second-order valence-electron chi connectivity index (χ2n) is 3.10. The van der Waals surface area contributed by atoms with Gasteiger partial charge in [-0.15, -0.1) is 0 Å². The van der Waals surface area contributed by atoms with E-state index in [0.717, 1.165) is 12.4 Å². The molecule has 0 bridgehead atoms. The van der Waals surface area contributed by atoms with Crippen LogP contribution in [0.25, 0.3) is 0 Å². The van der Waals surface area contributed by atoms with E-state index in [9.17, 15) is 13.6 Å². The Hall–Kier alpha value is -1.59. The second kappa shape index (κ2) is 4.29. The highest BCUT2D eigenvalue weighted by molar-refractivity contribution is 5.78. The minimum absolute atomic E-state index is 0.605. The fourth-order valence-corrected chi connectivity index (χ4v) is 0.841. The summed E-state index contributed by atoms with van der Waals surface area (Å²) in [5, 5.41) is 0. The van der Waals surface area contributed by atoms with Gasteiger partial charge in [-0.25, -0.2) is 14.8 Å². The van der Waals surface area contributed by atoms with Gasteiger partial charge in [-0.1, -0.05) is 0 Å². The molecule has 0 aliphatic rings. The zero-order valence-corrected chi connectivity index (χ0v) is 8.28. The first-order chi connectivity index (χ1) is 6.94. The van der Waals surface area contributed by atoms with Gasteiger partial charge >= 0.3 is 11.9 Å². The van der Waals surface area contributed by atoms with Crippen molar-refractivity contribution < 1.29 is 18.3 Å². The van der Waals surface area contributed by atoms with Gasteiger partial charge in [-0.2, -0.15) is 8.78 Å². The third-order valence-electron chi connectivity index (χ3n) is 1.45. The quantitative estimate of drug-likeness (QED) is 0.719. The van der Waals surface area contributed by atoms with Crippen LogP contribution in [0.5, 0.6) is 0 Å². The normalized spacial score (nSPS) is 11.5. The lowest BCUT2D eigenvalue weighted by Gasteiger charge is -2.15. The SMILES string of the molecule is CC(C)OC(=O)C(F)(F)c1ncccn1. The summed E-state index contributed by atoms with van der Waals surface area (Å²) in [5.74, 6) is -6.29. The van der Waals surface area contributed by atoms with Crippen LogP contribution >= 0.6 is 0 Å². The molecule has 0 aliphatic heterocycles. The van der Waals surface area contributed by atoms with E-state index < -0.39 is 23.8 Å². The molecule has 0 unspecified atom stereocenters. The van der Waals surface area contributed by atoms with Crippen LogP contribution in [-0.2, 0) is 15.5 Å². The van der Waals surface area contributed by atoms with E-state index in [1.165, 1.54) is 19.9 Å². The number of rotatable bonds is 3. The Labute approximate surface area is 85.3 Å². The summed E-state index contributed by atoms with van der Waals surface area (Å²) in [6.45, 7) is 2.97. The monoisotopic (exact) mass is 216 g/mol. The first-order valence-electron chi connectivity index (χ1n) is 4.31. The smallest absolute Gasteiger partial charge is 0.401 e. The second-order valence-corrected chi connectivity index (χ2v) is 3.10. The number of nitrogens with zero attached hydrogens (tertiary/aromatic N) is 2. The maximum Gasteiger partial charge on any atom is 0.401 e. The predicted molar refractivity (Wildman–Crippen MR) is 47.2 cm³/mol. The Balaban J connectivity index is 2.88. The molecule has 82 valence electrons. The average molecular weight is 216 g/mol. The number of alkyl halides is 2. The lowest BCUT2D eigenvalue weighted by Crippen LogP contribution is -2.32. The molecule has 6 heteroatoms. The summed E-state index contributed by atoms with van der Waals surface area (Å²) in [6, 6.07) is 1.38. The van der Waals surface area contributed by atoms with Crippen molar-refractivity contribution in [3.8, 4) is 0 Å². The third kappa shape index (κ3) is 2.68. The van der Waals surface area contributed by atoms with Crippen LogP contribution in [0.4, 0.5) is 8.78 Å². The molecule has 0 saturated carbocycles. The molecule has 1 rings (SSSR count). The molecule has 0 spiro atoms. The lowest BCUT2D eigenvalue weighted by molar-refractivity contribution is -0.178. The number of hydrogen-bond donors (Lipinski definition) is 0. The highest BCUT2D eigenvalue weighted by Gasteiger charge is 2.46. The van der Waals surface area contributed by atoms with E-state index >= 15 is 0 Å². The van der Waals surface area contributed by atoms with Crippen molar-refractivity contribution in [3.05, 3.63) is 24.3 Å². The number of ether oxygens (including phenoxy) is 1. The van der Waals surface area contributed by atoms with Crippen molar-refractivity contribution >= 4 is 5.97 Å². The summed E-state index contributed by atoms with van der Waals surface area (Å²) in [7, 11) is 0. The van der Waals surface area contributed by atoms with Gasteiger partial charge in [-0.3, -0.25) is 0 Å². The van der Waals surface area contributed by atoms with Crippen molar-refractivity contribution in [2.75, 3.05) is 0 Å². The first kappa shape index (κ1) is 11.5. The average Bonchev–Trinajstić information content (AvgIpc) is 2.18. The van der Waals surface area contributed by atoms with E-state index in [1.807, 2.05) is 0 Å². The first-order valence-corrected chi connectivity index (χ1v) is 4.31. The maximum absolute atomic E-state index is 13.3. The van der Waals surface area contributed by atoms with Crippen molar-refractivity contribution in [2.24, 2.45) is 0 Å². The molecule has 0 N–H and O–H groups in total. The summed E-state index contributed by atoms with van der Waals surface area (Å²) in [6.07, 6.45) is 1.67. The van der Waals surface area contributed by atoms with Gasteiger partial charge in [0, 0.05) is 12.4 Å². The van der Waals surface area contributed by atoms with Gasteiger partial charge in [0.2, 0.25) is 5.82 Å². The Morgan fingerprint density at radius 2 is 1.93 bits per heavy atom. The Morgan fingerprint density at radius 1 is 1.40 bits per heavy atom. The van der Waals surface area contributed by atoms with E-state index in [-0.39, 0.29) is 0 Å². The molecular weight excluding hydrogens is 206 g/mol. The summed E-state index contributed by atoms with van der Waals surface area (Å²) in [5.41, 5.74) is 0. The van der Waals surface area contributed by atoms with Crippen LogP contribution in [0, 0.1) is 0 Å².